The number of nitrogen functional groups attached to an aromatic ring is 1. The number of nitro groups is 1. The summed E-state index contributed by atoms with van der Waals surface area (Å²) in [6, 6.07) is 3.66. The molecule has 1 atom stereocenters. The highest BCUT2D eigenvalue weighted by Crippen LogP contribution is 2.25. The Balaban J connectivity index is 2.70. The molecular formula is C10H11F3N2O3. The van der Waals surface area contributed by atoms with Crippen LogP contribution in [0.1, 0.15) is 12.5 Å². The lowest BCUT2D eigenvalue weighted by Gasteiger charge is -2.16. The van der Waals surface area contributed by atoms with Gasteiger partial charge < -0.3 is 10.5 Å². The highest BCUT2D eigenvalue weighted by molar-refractivity contribution is 5.59. The molecule has 0 heterocycles. The minimum absolute atomic E-state index is 0.110. The molecule has 0 saturated heterocycles. The van der Waals surface area contributed by atoms with E-state index in [2.05, 4.69) is 4.74 Å². The van der Waals surface area contributed by atoms with E-state index in [9.17, 15) is 23.3 Å². The molecule has 1 rings (SSSR count). The predicted octanol–water partition coefficient (Wildman–Crippen LogP) is 2.64. The van der Waals surface area contributed by atoms with Crippen LogP contribution < -0.4 is 5.73 Å². The zero-order valence-corrected chi connectivity index (χ0v) is 9.40. The molecule has 5 nitrogen and oxygen atoms in total. The van der Waals surface area contributed by atoms with Crippen LogP contribution >= 0.6 is 0 Å². The third kappa shape index (κ3) is 3.59. The molecule has 0 aliphatic heterocycles. The Labute approximate surface area is 100 Å². The summed E-state index contributed by atoms with van der Waals surface area (Å²) in [6.07, 6.45) is -6.35. The number of nitrogens with two attached hydrogens (primary N) is 1. The van der Waals surface area contributed by atoms with Gasteiger partial charge >= 0.3 is 6.18 Å². The Hall–Kier alpha value is -1.83. The topological polar surface area (TPSA) is 78.4 Å². The second kappa shape index (κ2) is 5.21. The van der Waals surface area contributed by atoms with Gasteiger partial charge in [-0.1, -0.05) is 0 Å². The maximum absolute atomic E-state index is 12.2. The van der Waals surface area contributed by atoms with Crippen LogP contribution in [0.3, 0.4) is 0 Å². The summed E-state index contributed by atoms with van der Waals surface area (Å²) in [5.74, 6) is 0. The van der Waals surface area contributed by atoms with Gasteiger partial charge in [-0.15, -0.1) is 0 Å². The van der Waals surface area contributed by atoms with Crippen molar-refractivity contribution in [2.24, 2.45) is 0 Å². The smallest absolute Gasteiger partial charge is 0.393 e. The van der Waals surface area contributed by atoms with Crippen molar-refractivity contribution in [1.82, 2.24) is 0 Å². The van der Waals surface area contributed by atoms with E-state index in [1.54, 1.807) is 0 Å². The SMILES string of the molecule is CC(OCc1ccc([N+](=O)[O-])c(N)c1)C(F)(F)F. The normalized spacial score (nSPS) is 13.3. The number of alkyl halides is 3. The van der Waals surface area contributed by atoms with Gasteiger partial charge in [0.15, 0.2) is 6.10 Å². The average Bonchev–Trinajstić information content (AvgIpc) is 2.24. The fourth-order valence-electron chi connectivity index (χ4n) is 1.18. The molecule has 0 aliphatic rings. The van der Waals surface area contributed by atoms with Crippen molar-refractivity contribution in [2.45, 2.75) is 25.8 Å². The molecule has 8 heteroatoms. The number of anilines is 1. The van der Waals surface area contributed by atoms with Crippen LogP contribution in [0, 0.1) is 10.1 Å². The maximum atomic E-state index is 12.2. The molecule has 0 fully saturated rings. The first-order chi connectivity index (χ1) is 8.21. The van der Waals surface area contributed by atoms with Crippen molar-refractivity contribution < 1.29 is 22.8 Å². The molecule has 1 aromatic carbocycles. The van der Waals surface area contributed by atoms with E-state index in [0.29, 0.717) is 5.56 Å². The van der Waals surface area contributed by atoms with Crippen LogP contribution in [0.15, 0.2) is 18.2 Å². The minimum Gasteiger partial charge on any atom is -0.393 e. The number of rotatable bonds is 4. The van der Waals surface area contributed by atoms with E-state index in [4.69, 9.17) is 5.73 Å². The van der Waals surface area contributed by atoms with Crippen molar-refractivity contribution in [3.8, 4) is 0 Å². The van der Waals surface area contributed by atoms with Gasteiger partial charge in [0.05, 0.1) is 11.5 Å². The van der Waals surface area contributed by atoms with Crippen LogP contribution in [-0.2, 0) is 11.3 Å². The number of halogens is 3. The number of hydrogen-bond acceptors (Lipinski definition) is 4. The van der Waals surface area contributed by atoms with Gasteiger partial charge in [0, 0.05) is 6.07 Å². The molecule has 0 radical (unpaired) electrons. The van der Waals surface area contributed by atoms with Crippen LogP contribution in [0.2, 0.25) is 0 Å². The summed E-state index contributed by atoms with van der Waals surface area (Å²) in [6.45, 7) is 0.567. The maximum Gasteiger partial charge on any atom is 0.414 e. The van der Waals surface area contributed by atoms with Crippen molar-refractivity contribution in [1.29, 1.82) is 0 Å². The molecule has 2 N–H and O–H groups in total. The fourth-order valence-corrected chi connectivity index (χ4v) is 1.18. The fraction of sp³-hybridized carbons (Fsp3) is 0.400. The summed E-state index contributed by atoms with van der Waals surface area (Å²) >= 11 is 0. The Morgan fingerprint density at radius 2 is 2.11 bits per heavy atom. The third-order valence-electron chi connectivity index (χ3n) is 2.25. The predicted molar refractivity (Wildman–Crippen MR) is 57.8 cm³/mol. The monoisotopic (exact) mass is 264 g/mol. The highest BCUT2D eigenvalue weighted by Gasteiger charge is 2.36. The summed E-state index contributed by atoms with van der Waals surface area (Å²) in [7, 11) is 0. The summed E-state index contributed by atoms with van der Waals surface area (Å²) in [4.78, 5) is 9.81. The zero-order valence-electron chi connectivity index (χ0n) is 9.40. The minimum atomic E-state index is -4.44. The molecule has 18 heavy (non-hydrogen) atoms. The van der Waals surface area contributed by atoms with Gasteiger partial charge in [0.25, 0.3) is 5.69 Å². The number of nitrogens with zero attached hydrogens (tertiary/aromatic N) is 1. The average molecular weight is 264 g/mol. The van der Waals surface area contributed by atoms with Crippen molar-refractivity contribution in [3.63, 3.8) is 0 Å². The number of benzene rings is 1. The second-order valence-corrected chi connectivity index (χ2v) is 3.65. The molecular weight excluding hydrogens is 253 g/mol. The van der Waals surface area contributed by atoms with Gasteiger partial charge in [0.2, 0.25) is 0 Å². The van der Waals surface area contributed by atoms with E-state index < -0.39 is 17.2 Å². The molecule has 0 saturated carbocycles. The van der Waals surface area contributed by atoms with Crippen LogP contribution in [0.25, 0.3) is 0 Å². The molecule has 0 aliphatic carbocycles. The van der Waals surface area contributed by atoms with Gasteiger partial charge in [-0.3, -0.25) is 10.1 Å². The molecule has 0 spiro atoms. The summed E-state index contributed by atoms with van der Waals surface area (Å²) in [5.41, 5.74) is 5.34. The van der Waals surface area contributed by atoms with E-state index in [0.717, 1.165) is 13.0 Å². The molecule has 0 bridgehead atoms. The number of hydrogen-bond donors (Lipinski definition) is 1. The largest absolute Gasteiger partial charge is 0.414 e. The summed E-state index contributed by atoms with van der Waals surface area (Å²) < 4.78 is 41.1. The number of nitro benzene ring substituents is 1. The van der Waals surface area contributed by atoms with Gasteiger partial charge in [-0.2, -0.15) is 13.2 Å². The quantitative estimate of drug-likeness (QED) is 0.515. The lowest BCUT2D eigenvalue weighted by atomic mass is 10.2. The molecule has 100 valence electrons. The summed E-state index contributed by atoms with van der Waals surface area (Å²) in [5, 5.41) is 10.5. The molecule has 1 aromatic rings. The molecule has 0 amide bonds. The standard InChI is InChI=1S/C10H11F3N2O3/c1-6(10(11,12)13)18-5-7-2-3-9(15(16)17)8(14)4-7/h2-4,6H,5,14H2,1H3. The lowest BCUT2D eigenvalue weighted by molar-refractivity contribution is -0.383. The number of ether oxygens (including phenoxy) is 1. The van der Waals surface area contributed by atoms with Crippen LogP contribution in [-0.4, -0.2) is 17.2 Å². The highest BCUT2D eigenvalue weighted by atomic mass is 19.4. The van der Waals surface area contributed by atoms with Gasteiger partial charge in [-0.25, -0.2) is 0 Å². The van der Waals surface area contributed by atoms with E-state index >= 15 is 0 Å². The molecule has 1 unspecified atom stereocenters. The Bertz CT molecular complexity index is 448. The van der Waals surface area contributed by atoms with E-state index in [1.165, 1.54) is 12.1 Å². The second-order valence-electron chi connectivity index (χ2n) is 3.65. The van der Waals surface area contributed by atoms with E-state index in [-0.39, 0.29) is 18.0 Å². The van der Waals surface area contributed by atoms with Gasteiger partial charge in [-0.05, 0) is 24.6 Å². The molecule has 0 aromatic heterocycles. The third-order valence-corrected chi connectivity index (χ3v) is 2.25. The van der Waals surface area contributed by atoms with Gasteiger partial charge in [0.1, 0.15) is 5.69 Å². The Morgan fingerprint density at radius 1 is 1.50 bits per heavy atom. The first-order valence-corrected chi connectivity index (χ1v) is 4.93. The van der Waals surface area contributed by atoms with Crippen molar-refractivity contribution in [3.05, 3.63) is 33.9 Å². The lowest BCUT2D eigenvalue weighted by Crippen LogP contribution is -2.28. The van der Waals surface area contributed by atoms with Crippen LogP contribution in [0.5, 0.6) is 0 Å². The van der Waals surface area contributed by atoms with Crippen molar-refractivity contribution >= 4 is 11.4 Å². The van der Waals surface area contributed by atoms with Crippen molar-refractivity contribution in [2.75, 3.05) is 5.73 Å². The zero-order chi connectivity index (χ0) is 13.9. The Kier molecular flexibility index (Phi) is 4.12. The Morgan fingerprint density at radius 3 is 2.56 bits per heavy atom. The van der Waals surface area contributed by atoms with Crippen LogP contribution in [0.4, 0.5) is 24.5 Å². The first-order valence-electron chi connectivity index (χ1n) is 4.93. The van der Waals surface area contributed by atoms with E-state index in [1.807, 2.05) is 0 Å². The first kappa shape index (κ1) is 14.2.